The molecule has 0 nitrogen and oxygen atoms in total. The van der Waals surface area contributed by atoms with Gasteiger partial charge in [0.2, 0.25) is 0 Å². The predicted octanol–water partition coefficient (Wildman–Crippen LogP) is -0.00381. The molecule has 0 aromatic heterocycles. The molecule has 0 aliphatic carbocycles. The standard InChI is InChI=1S/C10H13.Li/c1-8(2)10-7-5-4-6-9(10)3;/h4-8H,3H2,1-2H3;/q-1;+1. The molecule has 1 rings (SSSR count). The van der Waals surface area contributed by atoms with E-state index in [0.29, 0.717) is 5.92 Å². The summed E-state index contributed by atoms with van der Waals surface area (Å²) < 4.78 is 0. The quantitative estimate of drug-likeness (QED) is 0.380. The van der Waals surface area contributed by atoms with Crippen LogP contribution >= 0.6 is 0 Å². The first-order valence-corrected chi connectivity index (χ1v) is 3.62. The molecule has 1 heteroatoms. The zero-order valence-corrected chi connectivity index (χ0v) is 7.59. The molecule has 11 heavy (non-hydrogen) atoms. The van der Waals surface area contributed by atoms with Crippen LogP contribution in [-0.2, 0) is 0 Å². The average molecular weight is 140 g/mol. The minimum Gasteiger partial charge on any atom is -0.198 e. The number of benzene rings is 1. The molecule has 0 spiro atoms. The molecule has 0 heterocycles. The van der Waals surface area contributed by atoms with Crippen molar-refractivity contribution in [2.45, 2.75) is 19.8 Å². The fourth-order valence-corrected chi connectivity index (χ4v) is 1.10. The van der Waals surface area contributed by atoms with E-state index in [-0.39, 0.29) is 18.9 Å². The second kappa shape index (κ2) is 4.54. The molecule has 1 aromatic rings. The summed E-state index contributed by atoms with van der Waals surface area (Å²) in [7, 11) is 0. The van der Waals surface area contributed by atoms with Crippen LogP contribution < -0.4 is 18.9 Å². The van der Waals surface area contributed by atoms with Crippen molar-refractivity contribution in [2.75, 3.05) is 0 Å². The third-order valence-electron chi connectivity index (χ3n) is 1.68. The first kappa shape index (κ1) is 10.7. The predicted molar refractivity (Wildman–Crippen MR) is 45.0 cm³/mol. The van der Waals surface area contributed by atoms with Crippen molar-refractivity contribution in [3.05, 3.63) is 42.3 Å². The molecule has 0 N–H and O–H groups in total. The van der Waals surface area contributed by atoms with Crippen LogP contribution in [0.15, 0.2) is 24.3 Å². The summed E-state index contributed by atoms with van der Waals surface area (Å²) in [6, 6.07) is 8.26. The van der Waals surface area contributed by atoms with Gasteiger partial charge in [-0.2, -0.15) is 18.6 Å². The van der Waals surface area contributed by atoms with Crippen LogP contribution in [0, 0.1) is 6.92 Å². The molecule has 0 unspecified atom stereocenters. The first-order chi connectivity index (χ1) is 4.72. The van der Waals surface area contributed by atoms with Gasteiger partial charge in [-0.05, 0) is 0 Å². The van der Waals surface area contributed by atoms with Gasteiger partial charge in [-0.1, -0.05) is 25.8 Å². The summed E-state index contributed by atoms with van der Waals surface area (Å²) in [5, 5.41) is 0. The maximum Gasteiger partial charge on any atom is 1.00 e. The molecule has 0 bridgehead atoms. The summed E-state index contributed by atoms with van der Waals surface area (Å²) in [6.45, 7) is 8.31. The van der Waals surface area contributed by atoms with E-state index in [0.717, 1.165) is 5.56 Å². The smallest absolute Gasteiger partial charge is 0.198 e. The van der Waals surface area contributed by atoms with Crippen molar-refractivity contribution in [2.24, 2.45) is 0 Å². The van der Waals surface area contributed by atoms with E-state index in [1.807, 2.05) is 6.07 Å². The Morgan fingerprint density at radius 1 is 1.18 bits per heavy atom. The number of hydrogen-bond donors (Lipinski definition) is 0. The second-order valence-corrected chi connectivity index (χ2v) is 2.85. The molecule has 0 aliphatic heterocycles. The maximum atomic E-state index is 3.94. The Kier molecular flexibility index (Phi) is 4.41. The van der Waals surface area contributed by atoms with Gasteiger partial charge in [-0.3, -0.25) is 0 Å². The molecule has 0 radical (unpaired) electrons. The SMILES string of the molecule is [CH2-]c1ccccc1C(C)C.[Li+]. The van der Waals surface area contributed by atoms with Gasteiger partial charge in [-0.25, -0.2) is 0 Å². The summed E-state index contributed by atoms with van der Waals surface area (Å²) in [5.41, 5.74) is 2.50. The van der Waals surface area contributed by atoms with Gasteiger partial charge < -0.3 is 0 Å². The fraction of sp³-hybridized carbons (Fsp3) is 0.300. The van der Waals surface area contributed by atoms with Crippen LogP contribution in [0.2, 0.25) is 0 Å². The minimum atomic E-state index is 0. The Labute approximate surface area is 81.2 Å². The molecule has 1 aromatic carbocycles. The monoisotopic (exact) mass is 140 g/mol. The fourth-order valence-electron chi connectivity index (χ4n) is 1.10. The molecular weight excluding hydrogens is 127 g/mol. The first-order valence-electron chi connectivity index (χ1n) is 3.62. The normalized spacial score (nSPS) is 9.36. The molecular formula is C10H13Li. The minimum absolute atomic E-state index is 0. The molecule has 0 atom stereocenters. The van der Waals surface area contributed by atoms with Gasteiger partial charge in [0, 0.05) is 0 Å². The molecule has 0 amide bonds. The van der Waals surface area contributed by atoms with Crippen LogP contribution in [0.4, 0.5) is 0 Å². The van der Waals surface area contributed by atoms with E-state index in [1.165, 1.54) is 5.56 Å². The van der Waals surface area contributed by atoms with Crippen molar-refractivity contribution in [3.63, 3.8) is 0 Å². The van der Waals surface area contributed by atoms with Crippen molar-refractivity contribution in [1.82, 2.24) is 0 Å². The van der Waals surface area contributed by atoms with Gasteiger partial charge in [0.1, 0.15) is 0 Å². The van der Waals surface area contributed by atoms with Crippen molar-refractivity contribution in [3.8, 4) is 0 Å². The Hall–Kier alpha value is -0.313. The largest absolute Gasteiger partial charge is 1.00 e. The summed E-state index contributed by atoms with van der Waals surface area (Å²) in [4.78, 5) is 0. The number of hydrogen-bond acceptors (Lipinski definition) is 0. The summed E-state index contributed by atoms with van der Waals surface area (Å²) in [5.74, 6) is 0.591. The van der Waals surface area contributed by atoms with E-state index in [2.05, 4.69) is 39.0 Å². The van der Waals surface area contributed by atoms with Gasteiger partial charge in [0.05, 0.1) is 0 Å². The van der Waals surface area contributed by atoms with Gasteiger partial charge in [-0.15, -0.1) is 17.7 Å². The van der Waals surface area contributed by atoms with E-state index >= 15 is 0 Å². The van der Waals surface area contributed by atoms with Crippen LogP contribution in [-0.4, -0.2) is 0 Å². The van der Waals surface area contributed by atoms with Crippen LogP contribution in [0.25, 0.3) is 0 Å². The third kappa shape index (κ3) is 2.65. The van der Waals surface area contributed by atoms with E-state index in [1.54, 1.807) is 0 Å². The number of rotatable bonds is 1. The van der Waals surface area contributed by atoms with Crippen molar-refractivity contribution < 1.29 is 18.9 Å². The van der Waals surface area contributed by atoms with E-state index in [4.69, 9.17) is 0 Å². The third-order valence-corrected chi connectivity index (χ3v) is 1.68. The second-order valence-electron chi connectivity index (χ2n) is 2.85. The van der Waals surface area contributed by atoms with Gasteiger partial charge >= 0.3 is 18.9 Å². The Bertz CT molecular complexity index is 216. The molecule has 0 saturated carbocycles. The summed E-state index contributed by atoms with van der Waals surface area (Å²) in [6.07, 6.45) is 0. The van der Waals surface area contributed by atoms with E-state index in [9.17, 15) is 0 Å². The van der Waals surface area contributed by atoms with Crippen LogP contribution in [0.1, 0.15) is 30.9 Å². The maximum absolute atomic E-state index is 3.94. The van der Waals surface area contributed by atoms with Gasteiger partial charge in [0.25, 0.3) is 0 Å². The zero-order valence-electron chi connectivity index (χ0n) is 7.59. The van der Waals surface area contributed by atoms with Crippen molar-refractivity contribution >= 4 is 0 Å². The molecule has 0 aliphatic rings. The molecule has 0 fully saturated rings. The Morgan fingerprint density at radius 3 is 2.09 bits per heavy atom. The summed E-state index contributed by atoms with van der Waals surface area (Å²) >= 11 is 0. The van der Waals surface area contributed by atoms with Crippen LogP contribution in [0.5, 0.6) is 0 Å². The zero-order chi connectivity index (χ0) is 7.56. The van der Waals surface area contributed by atoms with Crippen LogP contribution in [0.3, 0.4) is 0 Å². The van der Waals surface area contributed by atoms with Crippen molar-refractivity contribution in [1.29, 1.82) is 0 Å². The molecule has 54 valence electrons. The van der Waals surface area contributed by atoms with Gasteiger partial charge in [0.15, 0.2) is 0 Å². The Morgan fingerprint density at radius 2 is 1.73 bits per heavy atom. The average Bonchev–Trinajstić information content (AvgIpc) is 1.88. The van der Waals surface area contributed by atoms with E-state index < -0.39 is 0 Å². The molecule has 0 saturated heterocycles. The topological polar surface area (TPSA) is 0 Å². The Balaban J connectivity index is 0.000001000.